The van der Waals surface area contributed by atoms with Crippen LogP contribution in [0.5, 0.6) is 0 Å². The number of nitrogens with zero attached hydrogens (tertiary/aromatic N) is 4. The molecule has 128 valence electrons. The average molecular weight is 355 g/mol. The van der Waals surface area contributed by atoms with Crippen molar-refractivity contribution in [3.63, 3.8) is 0 Å². The fraction of sp³-hybridized carbons (Fsp3) is 0.263. The second kappa shape index (κ2) is 6.86. The number of aromatic nitrogens is 3. The summed E-state index contributed by atoms with van der Waals surface area (Å²) in [6, 6.07) is 8.29. The van der Waals surface area contributed by atoms with Crippen molar-refractivity contribution in [1.82, 2.24) is 14.5 Å². The molecule has 3 aromatic rings. The van der Waals surface area contributed by atoms with Gasteiger partial charge < -0.3 is 14.6 Å². The van der Waals surface area contributed by atoms with Crippen molar-refractivity contribution in [1.29, 1.82) is 0 Å². The Hall–Kier alpha value is -2.37. The first-order valence-corrected chi connectivity index (χ1v) is 8.68. The number of aliphatic hydroxyl groups is 1. The minimum Gasteiger partial charge on any atom is -0.388 e. The van der Waals surface area contributed by atoms with Crippen molar-refractivity contribution in [3.8, 4) is 0 Å². The van der Waals surface area contributed by atoms with E-state index >= 15 is 0 Å². The van der Waals surface area contributed by atoms with E-state index in [9.17, 15) is 5.11 Å². The lowest BCUT2D eigenvalue weighted by atomic mass is 9.99. The predicted octanol–water partition coefficient (Wildman–Crippen LogP) is 3.03. The molecule has 1 aliphatic rings. The maximum absolute atomic E-state index is 9.34. The first-order chi connectivity index (χ1) is 12.2. The molecule has 6 heteroatoms. The van der Waals surface area contributed by atoms with Crippen molar-refractivity contribution < 1.29 is 5.11 Å². The molecule has 5 nitrogen and oxygen atoms in total. The van der Waals surface area contributed by atoms with Gasteiger partial charge in [0, 0.05) is 36.7 Å². The molecule has 0 radical (unpaired) electrons. The number of anilines is 1. The monoisotopic (exact) mass is 354 g/mol. The lowest BCUT2D eigenvalue weighted by Gasteiger charge is -2.30. The highest BCUT2D eigenvalue weighted by atomic mass is 35.5. The normalized spacial score (nSPS) is 13.8. The van der Waals surface area contributed by atoms with Crippen LogP contribution in [0.3, 0.4) is 0 Å². The van der Waals surface area contributed by atoms with Gasteiger partial charge in [-0.2, -0.15) is 0 Å². The lowest BCUT2D eigenvalue weighted by Crippen LogP contribution is -2.30. The second-order valence-corrected chi connectivity index (χ2v) is 6.70. The van der Waals surface area contributed by atoms with E-state index in [4.69, 9.17) is 11.6 Å². The summed E-state index contributed by atoms with van der Waals surface area (Å²) in [5, 5.41) is 10.1. The van der Waals surface area contributed by atoms with Gasteiger partial charge in [-0.05, 0) is 41.3 Å². The largest absolute Gasteiger partial charge is 0.388 e. The molecular weight excluding hydrogens is 336 g/mol. The summed E-state index contributed by atoms with van der Waals surface area (Å²) in [5.74, 6) is 0.661. The van der Waals surface area contributed by atoms with E-state index < -0.39 is 0 Å². The summed E-state index contributed by atoms with van der Waals surface area (Å²) in [7, 11) is 0. The molecule has 25 heavy (non-hydrogen) atoms. The molecule has 0 bridgehead atoms. The van der Waals surface area contributed by atoms with Gasteiger partial charge in [0.15, 0.2) is 0 Å². The molecule has 1 aliphatic heterocycles. The number of hydrogen-bond acceptors (Lipinski definition) is 4. The molecule has 0 amide bonds. The van der Waals surface area contributed by atoms with E-state index in [-0.39, 0.29) is 6.61 Å². The molecule has 0 saturated heterocycles. The van der Waals surface area contributed by atoms with Gasteiger partial charge in [0.05, 0.1) is 18.4 Å². The van der Waals surface area contributed by atoms with Gasteiger partial charge in [0.25, 0.3) is 0 Å². The Balaban J connectivity index is 1.55. The van der Waals surface area contributed by atoms with Crippen molar-refractivity contribution in [2.75, 3.05) is 11.4 Å². The van der Waals surface area contributed by atoms with Crippen LogP contribution in [0.25, 0.3) is 0 Å². The molecule has 1 N–H and O–H groups in total. The van der Waals surface area contributed by atoms with Crippen molar-refractivity contribution >= 4 is 17.3 Å². The summed E-state index contributed by atoms with van der Waals surface area (Å²) in [5.41, 5.74) is 4.85. The third-order valence-corrected chi connectivity index (χ3v) is 4.86. The smallest absolute Gasteiger partial charge is 0.134 e. The van der Waals surface area contributed by atoms with Crippen LogP contribution in [-0.2, 0) is 26.1 Å². The Bertz CT molecular complexity index is 893. The Kier molecular flexibility index (Phi) is 4.42. The maximum Gasteiger partial charge on any atom is 0.134 e. The van der Waals surface area contributed by atoms with Crippen LogP contribution in [0.15, 0.2) is 49.1 Å². The maximum atomic E-state index is 9.34. The minimum absolute atomic E-state index is 0.0639. The number of rotatable bonds is 4. The van der Waals surface area contributed by atoms with Crippen LogP contribution in [0, 0.1) is 0 Å². The first kappa shape index (κ1) is 16.1. The van der Waals surface area contributed by atoms with Gasteiger partial charge in [-0.25, -0.2) is 4.98 Å². The minimum atomic E-state index is -0.0639. The molecule has 0 unspecified atom stereocenters. The number of pyridine rings is 1. The lowest BCUT2D eigenvalue weighted by molar-refractivity contribution is 0.266. The molecule has 0 aliphatic carbocycles. The zero-order valence-electron chi connectivity index (χ0n) is 13.8. The van der Waals surface area contributed by atoms with E-state index in [1.54, 1.807) is 6.20 Å². The van der Waals surface area contributed by atoms with Crippen LogP contribution >= 0.6 is 11.6 Å². The molecule has 0 fully saturated rings. The predicted molar refractivity (Wildman–Crippen MR) is 97.7 cm³/mol. The molecule has 2 aromatic heterocycles. The Morgan fingerprint density at radius 2 is 2.08 bits per heavy atom. The molecule has 0 spiro atoms. The fourth-order valence-electron chi connectivity index (χ4n) is 3.31. The van der Waals surface area contributed by atoms with Gasteiger partial charge in [-0.1, -0.05) is 17.7 Å². The van der Waals surface area contributed by atoms with E-state index in [1.807, 2.05) is 29.2 Å². The molecule has 1 aromatic carbocycles. The second-order valence-electron chi connectivity index (χ2n) is 6.27. The zero-order valence-corrected chi connectivity index (χ0v) is 14.5. The SMILES string of the molecule is OCc1nccn1Cc1cncc(N2CCc3cc(Cl)ccc3C2)c1. The number of imidazole rings is 1. The third-order valence-electron chi connectivity index (χ3n) is 4.62. The Labute approximate surface area is 151 Å². The summed E-state index contributed by atoms with van der Waals surface area (Å²) in [4.78, 5) is 10.9. The number of hydrogen-bond donors (Lipinski definition) is 1. The van der Waals surface area contributed by atoms with Crippen LogP contribution in [-0.4, -0.2) is 26.2 Å². The van der Waals surface area contributed by atoms with E-state index in [0.29, 0.717) is 12.4 Å². The highest BCUT2D eigenvalue weighted by Crippen LogP contribution is 2.26. The fourth-order valence-corrected chi connectivity index (χ4v) is 3.50. The molecule has 4 rings (SSSR count). The summed E-state index contributed by atoms with van der Waals surface area (Å²) in [6.45, 7) is 2.40. The summed E-state index contributed by atoms with van der Waals surface area (Å²) in [6.07, 6.45) is 8.33. The van der Waals surface area contributed by atoms with Gasteiger partial charge >= 0.3 is 0 Å². The number of benzene rings is 1. The van der Waals surface area contributed by atoms with E-state index in [0.717, 1.165) is 35.8 Å². The van der Waals surface area contributed by atoms with Crippen LogP contribution < -0.4 is 4.90 Å². The molecule has 0 saturated carbocycles. The summed E-state index contributed by atoms with van der Waals surface area (Å²) >= 11 is 6.09. The van der Waals surface area contributed by atoms with Crippen LogP contribution in [0.4, 0.5) is 5.69 Å². The van der Waals surface area contributed by atoms with E-state index in [1.165, 1.54) is 11.1 Å². The van der Waals surface area contributed by atoms with Gasteiger partial charge in [0.2, 0.25) is 0 Å². The quantitative estimate of drug-likeness (QED) is 0.782. The van der Waals surface area contributed by atoms with E-state index in [2.05, 4.69) is 33.1 Å². The highest BCUT2D eigenvalue weighted by molar-refractivity contribution is 6.30. The average Bonchev–Trinajstić information content (AvgIpc) is 3.08. The van der Waals surface area contributed by atoms with Gasteiger partial charge in [0.1, 0.15) is 12.4 Å². The Morgan fingerprint density at radius 1 is 1.16 bits per heavy atom. The van der Waals surface area contributed by atoms with Crippen LogP contribution in [0.1, 0.15) is 22.5 Å². The molecule has 3 heterocycles. The van der Waals surface area contributed by atoms with Gasteiger partial charge in [-0.3, -0.25) is 4.98 Å². The molecule has 0 atom stereocenters. The number of fused-ring (bicyclic) bond motifs is 1. The molecular formula is C19H19ClN4O. The van der Waals surface area contributed by atoms with Crippen molar-refractivity contribution in [3.05, 3.63) is 76.6 Å². The van der Waals surface area contributed by atoms with Crippen molar-refractivity contribution in [2.45, 2.75) is 26.1 Å². The number of halogens is 1. The topological polar surface area (TPSA) is 54.2 Å². The van der Waals surface area contributed by atoms with Gasteiger partial charge in [-0.15, -0.1) is 0 Å². The highest BCUT2D eigenvalue weighted by Gasteiger charge is 2.17. The third kappa shape index (κ3) is 3.38. The Morgan fingerprint density at radius 3 is 2.96 bits per heavy atom. The van der Waals surface area contributed by atoms with Crippen molar-refractivity contribution in [2.24, 2.45) is 0 Å². The summed E-state index contributed by atoms with van der Waals surface area (Å²) < 4.78 is 1.94. The zero-order chi connectivity index (χ0) is 17.2. The number of aliphatic hydroxyl groups excluding tert-OH is 1. The standard InChI is InChI=1S/C19H19ClN4O/c20-17-2-1-16-12-23(5-3-15(16)8-17)18-7-14(9-21-10-18)11-24-6-4-22-19(24)13-25/h1-2,4,6-10,25H,3,5,11-13H2. The first-order valence-electron chi connectivity index (χ1n) is 8.30. The van der Waals surface area contributed by atoms with Crippen LogP contribution in [0.2, 0.25) is 5.02 Å².